The van der Waals surface area contributed by atoms with Gasteiger partial charge in [0.05, 0.1) is 24.8 Å². The van der Waals surface area contributed by atoms with E-state index in [0.29, 0.717) is 18.2 Å². The molecule has 2 heterocycles. The summed E-state index contributed by atoms with van der Waals surface area (Å²) in [4.78, 5) is 7.38. The Hall–Kier alpha value is -0.860. The van der Waals surface area contributed by atoms with Crippen LogP contribution in [-0.2, 0) is 17.6 Å². The Morgan fingerprint density at radius 3 is 2.44 bits per heavy atom. The number of fused-ring (bicyclic) bond motifs is 3. The zero-order valence-electron chi connectivity index (χ0n) is 16.7. The number of aliphatic imine (C=N–C) groups is 1. The lowest BCUT2D eigenvalue weighted by molar-refractivity contribution is 0.0992. The fraction of sp³-hybridized carbons (Fsp3) is 0.667. The maximum absolute atomic E-state index is 5.99. The molecule has 1 aromatic rings. The van der Waals surface area contributed by atoms with Gasteiger partial charge < -0.3 is 20.3 Å². The third-order valence-corrected chi connectivity index (χ3v) is 6.41. The van der Waals surface area contributed by atoms with Gasteiger partial charge in [0.25, 0.3) is 0 Å². The molecule has 150 valence electrons. The molecular formula is C21H33IN4O. The summed E-state index contributed by atoms with van der Waals surface area (Å²) in [6, 6.07) is 9.23. The fourth-order valence-electron chi connectivity index (χ4n) is 4.75. The number of guanidine groups is 1. The predicted octanol–water partition coefficient (Wildman–Crippen LogP) is 2.58. The largest absolute Gasteiger partial charge is 0.373 e. The number of halogens is 1. The van der Waals surface area contributed by atoms with Crippen molar-refractivity contribution in [1.29, 1.82) is 0 Å². The van der Waals surface area contributed by atoms with Gasteiger partial charge in [0.1, 0.15) is 0 Å². The van der Waals surface area contributed by atoms with Gasteiger partial charge in [-0.15, -0.1) is 24.0 Å². The van der Waals surface area contributed by atoms with Crippen LogP contribution >= 0.6 is 24.0 Å². The average molecular weight is 484 g/mol. The molecule has 5 nitrogen and oxygen atoms in total. The number of hydrogen-bond acceptors (Lipinski definition) is 3. The first-order valence-corrected chi connectivity index (χ1v) is 10.0. The second kappa shape index (κ2) is 8.66. The fourth-order valence-corrected chi connectivity index (χ4v) is 4.75. The minimum absolute atomic E-state index is 0. The van der Waals surface area contributed by atoms with Crippen LogP contribution in [0.1, 0.15) is 37.3 Å². The Kier molecular flexibility index (Phi) is 6.69. The van der Waals surface area contributed by atoms with E-state index in [0.717, 1.165) is 38.3 Å². The van der Waals surface area contributed by atoms with Crippen molar-refractivity contribution < 1.29 is 4.74 Å². The molecule has 0 amide bonds. The van der Waals surface area contributed by atoms with E-state index in [2.05, 4.69) is 60.8 Å². The van der Waals surface area contributed by atoms with Gasteiger partial charge in [-0.2, -0.15) is 0 Å². The van der Waals surface area contributed by atoms with Crippen LogP contribution in [0.4, 0.5) is 0 Å². The summed E-state index contributed by atoms with van der Waals surface area (Å²) in [5.74, 6) is 0.936. The highest BCUT2D eigenvalue weighted by Crippen LogP contribution is 2.35. The van der Waals surface area contributed by atoms with Gasteiger partial charge in [-0.1, -0.05) is 24.3 Å². The standard InChI is InChI=1S/C21H32N4O.HI/c1-4-22-20(24-18-11-17-9-10-19(18)26-17)23-14-21(25(2)3)12-15-7-5-6-8-16(15)13-21;/h5-8,17-19H,4,9-14H2,1-3H3,(H2,22,23,24);1H. The maximum Gasteiger partial charge on any atom is 0.191 e. The molecule has 2 bridgehead atoms. The molecule has 27 heavy (non-hydrogen) atoms. The molecule has 3 unspecified atom stereocenters. The van der Waals surface area contributed by atoms with Crippen LogP contribution in [0.3, 0.4) is 0 Å². The van der Waals surface area contributed by atoms with Crippen molar-refractivity contribution in [1.82, 2.24) is 15.5 Å². The second-order valence-corrected chi connectivity index (χ2v) is 8.30. The smallest absolute Gasteiger partial charge is 0.191 e. The zero-order valence-corrected chi connectivity index (χ0v) is 19.0. The van der Waals surface area contributed by atoms with Crippen molar-refractivity contribution in [3.63, 3.8) is 0 Å². The molecule has 4 rings (SSSR count). The molecule has 2 saturated heterocycles. The highest BCUT2D eigenvalue weighted by molar-refractivity contribution is 14.0. The third-order valence-electron chi connectivity index (χ3n) is 6.41. The minimum Gasteiger partial charge on any atom is -0.373 e. The molecule has 2 aliphatic heterocycles. The van der Waals surface area contributed by atoms with Crippen molar-refractivity contribution in [3.05, 3.63) is 35.4 Å². The topological polar surface area (TPSA) is 48.9 Å². The Labute approximate surface area is 180 Å². The van der Waals surface area contributed by atoms with Crippen molar-refractivity contribution in [2.45, 2.75) is 62.8 Å². The van der Waals surface area contributed by atoms with Gasteiger partial charge in [0.2, 0.25) is 0 Å². The molecule has 2 fully saturated rings. The van der Waals surface area contributed by atoms with Crippen LogP contribution in [-0.4, -0.2) is 61.8 Å². The Morgan fingerprint density at radius 2 is 1.93 bits per heavy atom. The predicted molar refractivity (Wildman–Crippen MR) is 121 cm³/mol. The summed E-state index contributed by atoms with van der Waals surface area (Å²) in [5.41, 5.74) is 3.00. The van der Waals surface area contributed by atoms with E-state index in [1.807, 2.05) is 0 Å². The highest BCUT2D eigenvalue weighted by Gasteiger charge is 2.42. The zero-order chi connectivity index (χ0) is 18.1. The summed E-state index contributed by atoms with van der Waals surface area (Å²) < 4.78 is 5.99. The van der Waals surface area contributed by atoms with Gasteiger partial charge in [0.15, 0.2) is 5.96 Å². The SMILES string of the molecule is CCNC(=NCC1(N(C)C)Cc2ccccc2C1)NC1CC2CCC1O2.I. The van der Waals surface area contributed by atoms with E-state index in [1.54, 1.807) is 0 Å². The summed E-state index contributed by atoms with van der Waals surface area (Å²) >= 11 is 0. The first-order valence-electron chi connectivity index (χ1n) is 10.0. The molecule has 6 heteroatoms. The van der Waals surface area contributed by atoms with E-state index in [-0.39, 0.29) is 29.5 Å². The van der Waals surface area contributed by atoms with E-state index in [9.17, 15) is 0 Å². The van der Waals surface area contributed by atoms with E-state index in [4.69, 9.17) is 9.73 Å². The minimum atomic E-state index is 0. The Balaban J connectivity index is 0.00000210. The number of ether oxygens (including phenoxy) is 1. The second-order valence-electron chi connectivity index (χ2n) is 8.30. The molecule has 0 aromatic heterocycles. The van der Waals surface area contributed by atoms with Crippen LogP contribution in [0.25, 0.3) is 0 Å². The number of nitrogens with one attached hydrogen (secondary N) is 2. The Bertz CT molecular complexity index is 653. The first kappa shape index (κ1) is 20.9. The molecule has 2 N–H and O–H groups in total. The summed E-state index contributed by atoms with van der Waals surface area (Å²) in [7, 11) is 4.37. The third kappa shape index (κ3) is 4.27. The van der Waals surface area contributed by atoms with Crippen LogP contribution < -0.4 is 10.6 Å². The quantitative estimate of drug-likeness (QED) is 0.383. The van der Waals surface area contributed by atoms with Crippen molar-refractivity contribution >= 4 is 29.9 Å². The lowest BCUT2D eigenvalue weighted by Gasteiger charge is -2.35. The van der Waals surface area contributed by atoms with Crippen LogP contribution in [0.15, 0.2) is 29.3 Å². The normalized spacial score (nSPS) is 28.1. The molecule has 3 aliphatic rings. The van der Waals surface area contributed by atoms with Gasteiger partial charge in [-0.25, -0.2) is 0 Å². The van der Waals surface area contributed by atoms with Crippen molar-refractivity contribution in [2.24, 2.45) is 4.99 Å². The molecule has 0 radical (unpaired) electrons. The van der Waals surface area contributed by atoms with Gasteiger partial charge in [0, 0.05) is 12.1 Å². The van der Waals surface area contributed by atoms with Crippen LogP contribution in [0.5, 0.6) is 0 Å². The summed E-state index contributed by atoms with van der Waals surface area (Å²) in [6.07, 6.45) is 6.46. The lowest BCUT2D eigenvalue weighted by atomic mass is 9.94. The number of hydrogen-bond donors (Lipinski definition) is 2. The average Bonchev–Trinajstić information content (AvgIpc) is 3.33. The number of rotatable bonds is 5. The van der Waals surface area contributed by atoms with E-state index < -0.39 is 0 Å². The first-order chi connectivity index (χ1) is 12.6. The van der Waals surface area contributed by atoms with Gasteiger partial charge in [-0.3, -0.25) is 4.99 Å². The number of nitrogens with zero attached hydrogens (tertiary/aromatic N) is 2. The van der Waals surface area contributed by atoms with E-state index in [1.165, 1.54) is 24.0 Å². The monoisotopic (exact) mass is 484 g/mol. The Morgan fingerprint density at radius 1 is 1.22 bits per heavy atom. The van der Waals surface area contributed by atoms with Crippen molar-refractivity contribution in [3.8, 4) is 0 Å². The van der Waals surface area contributed by atoms with Gasteiger partial charge >= 0.3 is 0 Å². The molecule has 1 aromatic carbocycles. The van der Waals surface area contributed by atoms with E-state index >= 15 is 0 Å². The molecule has 0 saturated carbocycles. The number of benzene rings is 1. The van der Waals surface area contributed by atoms with Crippen LogP contribution in [0, 0.1) is 0 Å². The van der Waals surface area contributed by atoms with Crippen LogP contribution in [0.2, 0.25) is 0 Å². The maximum atomic E-state index is 5.99. The van der Waals surface area contributed by atoms with Crippen molar-refractivity contribution in [2.75, 3.05) is 27.2 Å². The molecule has 3 atom stereocenters. The molecule has 1 aliphatic carbocycles. The molecular weight excluding hydrogens is 451 g/mol. The van der Waals surface area contributed by atoms with Gasteiger partial charge in [-0.05, 0) is 64.3 Å². The summed E-state index contributed by atoms with van der Waals surface area (Å²) in [5, 5.41) is 7.08. The summed E-state index contributed by atoms with van der Waals surface area (Å²) in [6.45, 7) is 3.80. The highest BCUT2D eigenvalue weighted by atomic mass is 127. The molecule has 0 spiro atoms. The number of likely N-dealkylation sites (N-methyl/N-ethyl adjacent to an activating group) is 1. The lowest BCUT2D eigenvalue weighted by Crippen LogP contribution is -2.51.